The van der Waals surface area contributed by atoms with E-state index in [-0.39, 0.29) is 0 Å². The third-order valence-corrected chi connectivity index (χ3v) is 3.58. The maximum Gasteiger partial charge on any atom is 0.122 e. The average Bonchev–Trinajstić information content (AvgIpc) is 2.42. The van der Waals surface area contributed by atoms with Crippen molar-refractivity contribution in [1.82, 2.24) is 5.32 Å². The van der Waals surface area contributed by atoms with E-state index in [0.29, 0.717) is 12.0 Å². The summed E-state index contributed by atoms with van der Waals surface area (Å²) >= 11 is 0. The molecular formula is C17H25NO. The van der Waals surface area contributed by atoms with Crippen molar-refractivity contribution in [2.24, 2.45) is 0 Å². The fourth-order valence-electron chi connectivity index (χ4n) is 2.73. The average molecular weight is 259 g/mol. The van der Waals surface area contributed by atoms with Crippen LogP contribution in [0.15, 0.2) is 35.9 Å². The van der Waals surface area contributed by atoms with Gasteiger partial charge >= 0.3 is 0 Å². The lowest BCUT2D eigenvalue weighted by atomic mass is 9.85. The fraction of sp³-hybridized carbons (Fsp3) is 0.529. The number of para-hydroxylation sites is 1. The van der Waals surface area contributed by atoms with Crippen molar-refractivity contribution in [3.63, 3.8) is 0 Å². The zero-order valence-corrected chi connectivity index (χ0v) is 12.3. The first-order chi connectivity index (χ1) is 9.22. The Balaban J connectivity index is 2.24. The number of ether oxygens (including phenoxy) is 1. The molecule has 0 aromatic heterocycles. The van der Waals surface area contributed by atoms with Crippen LogP contribution in [0.5, 0.6) is 5.75 Å². The second-order valence-electron chi connectivity index (χ2n) is 5.51. The van der Waals surface area contributed by atoms with Gasteiger partial charge in [0.1, 0.15) is 5.75 Å². The lowest BCUT2D eigenvalue weighted by molar-refractivity contribution is 0.254. The molecule has 1 aromatic carbocycles. The Kier molecular flexibility index (Phi) is 5.03. The van der Waals surface area contributed by atoms with Crippen LogP contribution in [0.3, 0.4) is 0 Å². The van der Waals surface area contributed by atoms with Gasteiger partial charge in [0.2, 0.25) is 0 Å². The summed E-state index contributed by atoms with van der Waals surface area (Å²) in [5, 5.41) is 3.68. The van der Waals surface area contributed by atoms with Crippen molar-refractivity contribution in [2.75, 3.05) is 13.2 Å². The van der Waals surface area contributed by atoms with Gasteiger partial charge in [-0.25, -0.2) is 0 Å². The molecule has 2 heteroatoms. The zero-order chi connectivity index (χ0) is 13.7. The second-order valence-corrected chi connectivity index (χ2v) is 5.51. The highest BCUT2D eigenvalue weighted by Crippen LogP contribution is 2.36. The van der Waals surface area contributed by atoms with Gasteiger partial charge in [0.25, 0.3) is 0 Å². The van der Waals surface area contributed by atoms with Crippen LogP contribution in [0.25, 0.3) is 0 Å². The summed E-state index contributed by atoms with van der Waals surface area (Å²) < 4.78 is 5.76. The van der Waals surface area contributed by atoms with Crippen LogP contribution < -0.4 is 10.1 Å². The van der Waals surface area contributed by atoms with Crippen LogP contribution in [0, 0.1) is 0 Å². The summed E-state index contributed by atoms with van der Waals surface area (Å²) in [6.45, 7) is 8.44. The van der Waals surface area contributed by atoms with Crippen LogP contribution in [-0.2, 0) is 0 Å². The predicted octanol–water partition coefficient (Wildman–Crippen LogP) is 3.89. The van der Waals surface area contributed by atoms with E-state index in [9.17, 15) is 0 Å². The molecule has 1 aromatic rings. The van der Waals surface area contributed by atoms with Crippen molar-refractivity contribution in [1.29, 1.82) is 0 Å². The lowest BCUT2D eigenvalue weighted by Crippen LogP contribution is -2.36. The van der Waals surface area contributed by atoms with Crippen LogP contribution in [-0.4, -0.2) is 19.2 Å². The Morgan fingerprint density at radius 3 is 2.95 bits per heavy atom. The predicted molar refractivity (Wildman–Crippen MR) is 80.8 cm³/mol. The third-order valence-electron chi connectivity index (χ3n) is 3.58. The molecule has 1 aliphatic heterocycles. The number of hydrogen-bond donors (Lipinski definition) is 1. The minimum atomic E-state index is 0.412. The highest BCUT2D eigenvalue weighted by molar-refractivity contribution is 5.39. The van der Waals surface area contributed by atoms with Gasteiger partial charge in [-0.15, -0.1) is 0 Å². The number of fused-ring (bicyclic) bond motifs is 1. The van der Waals surface area contributed by atoms with E-state index in [1.165, 1.54) is 11.1 Å². The molecule has 2 atom stereocenters. The molecular weight excluding hydrogens is 234 g/mol. The number of nitrogens with one attached hydrogen (secondary N) is 1. The molecule has 0 fully saturated rings. The number of benzene rings is 1. The molecule has 0 bridgehead atoms. The topological polar surface area (TPSA) is 21.3 Å². The molecule has 1 heterocycles. The molecule has 2 nitrogen and oxygen atoms in total. The maximum atomic E-state index is 5.76. The molecule has 0 radical (unpaired) electrons. The standard InChI is InChI=1S/C17H25NO/c1-4-10-18-16(12-13(2)3)14-9-11-19-17-8-6-5-7-15(14)17/h5-8,12,14,16,18H,4,9-11H2,1-3H3. The normalized spacial score (nSPS) is 19.2. The van der Waals surface area contributed by atoms with Crippen LogP contribution in [0.2, 0.25) is 0 Å². The first kappa shape index (κ1) is 14.1. The van der Waals surface area contributed by atoms with Crippen LogP contribution in [0.4, 0.5) is 0 Å². The first-order valence-corrected chi connectivity index (χ1v) is 7.32. The summed E-state index contributed by atoms with van der Waals surface area (Å²) in [6, 6.07) is 8.87. The molecule has 2 unspecified atom stereocenters. The molecule has 19 heavy (non-hydrogen) atoms. The van der Waals surface area contributed by atoms with Crippen molar-refractivity contribution < 1.29 is 4.74 Å². The van der Waals surface area contributed by atoms with Crippen molar-refractivity contribution in [2.45, 2.75) is 45.6 Å². The summed E-state index contributed by atoms with van der Waals surface area (Å²) in [4.78, 5) is 0. The van der Waals surface area contributed by atoms with Gasteiger partial charge < -0.3 is 10.1 Å². The van der Waals surface area contributed by atoms with E-state index in [4.69, 9.17) is 4.74 Å². The smallest absolute Gasteiger partial charge is 0.122 e. The maximum absolute atomic E-state index is 5.76. The molecule has 0 aliphatic carbocycles. The molecule has 0 spiro atoms. The Morgan fingerprint density at radius 1 is 1.42 bits per heavy atom. The molecule has 0 saturated carbocycles. The Bertz CT molecular complexity index is 435. The quantitative estimate of drug-likeness (QED) is 0.810. The highest BCUT2D eigenvalue weighted by Gasteiger charge is 2.27. The highest BCUT2D eigenvalue weighted by atomic mass is 16.5. The van der Waals surface area contributed by atoms with Crippen LogP contribution >= 0.6 is 0 Å². The Morgan fingerprint density at radius 2 is 2.21 bits per heavy atom. The van der Waals surface area contributed by atoms with Crippen molar-refractivity contribution in [3.05, 3.63) is 41.5 Å². The molecule has 0 amide bonds. The third kappa shape index (κ3) is 3.60. The van der Waals surface area contributed by atoms with Gasteiger partial charge in [0, 0.05) is 12.0 Å². The largest absolute Gasteiger partial charge is 0.493 e. The zero-order valence-electron chi connectivity index (χ0n) is 12.3. The second kappa shape index (κ2) is 6.76. The lowest BCUT2D eigenvalue weighted by Gasteiger charge is -2.31. The molecule has 0 saturated heterocycles. The summed E-state index contributed by atoms with van der Waals surface area (Å²) in [6.07, 6.45) is 4.61. The Hall–Kier alpha value is -1.28. The van der Waals surface area contributed by atoms with Gasteiger partial charge in [-0.05, 0) is 44.9 Å². The molecule has 2 rings (SSSR count). The van der Waals surface area contributed by atoms with Crippen molar-refractivity contribution >= 4 is 0 Å². The van der Waals surface area contributed by atoms with Gasteiger partial charge in [-0.2, -0.15) is 0 Å². The summed E-state index contributed by atoms with van der Waals surface area (Å²) in [5.41, 5.74) is 2.72. The number of hydrogen-bond acceptors (Lipinski definition) is 2. The van der Waals surface area contributed by atoms with E-state index in [2.05, 4.69) is 56.4 Å². The molecule has 104 valence electrons. The van der Waals surface area contributed by atoms with Gasteiger partial charge in [-0.1, -0.05) is 36.8 Å². The minimum Gasteiger partial charge on any atom is -0.493 e. The first-order valence-electron chi connectivity index (χ1n) is 7.32. The Labute approximate surface area is 116 Å². The van der Waals surface area contributed by atoms with E-state index in [1.807, 2.05) is 0 Å². The van der Waals surface area contributed by atoms with Crippen LogP contribution in [0.1, 0.15) is 45.1 Å². The fourth-order valence-corrected chi connectivity index (χ4v) is 2.73. The van der Waals surface area contributed by atoms with E-state index in [1.54, 1.807) is 0 Å². The minimum absolute atomic E-state index is 0.412. The molecule has 1 aliphatic rings. The van der Waals surface area contributed by atoms with E-state index in [0.717, 1.165) is 31.7 Å². The SMILES string of the molecule is CCCNC(C=C(C)C)C1CCOc2ccccc21. The van der Waals surface area contributed by atoms with Crippen molar-refractivity contribution in [3.8, 4) is 5.75 Å². The monoisotopic (exact) mass is 259 g/mol. The van der Waals surface area contributed by atoms with Gasteiger partial charge in [-0.3, -0.25) is 0 Å². The number of rotatable bonds is 5. The molecule has 1 N–H and O–H groups in total. The van der Waals surface area contributed by atoms with Gasteiger partial charge in [0.05, 0.1) is 6.61 Å². The summed E-state index contributed by atoms with van der Waals surface area (Å²) in [7, 11) is 0. The van der Waals surface area contributed by atoms with Gasteiger partial charge in [0.15, 0.2) is 0 Å². The number of allylic oxidation sites excluding steroid dienone is 1. The van der Waals surface area contributed by atoms with E-state index >= 15 is 0 Å². The van der Waals surface area contributed by atoms with E-state index < -0.39 is 0 Å². The summed E-state index contributed by atoms with van der Waals surface area (Å²) in [5.74, 6) is 1.58.